The smallest absolute Gasteiger partial charge is 0.292 e. The molecule has 2 nitrogen and oxygen atoms in total. The molecular weight excluding hydrogens is 318 g/mol. The quantitative estimate of drug-likeness (QED) is 0.620. The average Bonchev–Trinajstić information content (AvgIpc) is 2.94. The Morgan fingerprint density at radius 2 is 1.58 bits per heavy atom. The first-order chi connectivity index (χ1) is 12.8. The molecule has 0 aromatic heterocycles. The van der Waals surface area contributed by atoms with Crippen molar-refractivity contribution in [1.82, 2.24) is 0 Å². The number of fused-ring (bicyclic) bond motifs is 5. The predicted octanol–water partition coefficient (Wildman–Crippen LogP) is 4.61. The SMILES string of the molecule is C[C@]12OC[C@H](Cc3ccccc3)[N+]1=Cc1ccccc1-c1ccccc12. The average molecular weight is 340 g/mol. The maximum absolute atomic E-state index is 6.46. The lowest BCUT2D eigenvalue weighted by Gasteiger charge is -2.22. The molecule has 0 radical (unpaired) electrons. The van der Waals surface area contributed by atoms with Crippen LogP contribution in [0.5, 0.6) is 0 Å². The second-order valence-corrected chi connectivity index (χ2v) is 7.31. The van der Waals surface area contributed by atoms with Gasteiger partial charge < -0.3 is 4.74 Å². The summed E-state index contributed by atoms with van der Waals surface area (Å²) in [5.41, 5.74) is 5.97. The minimum Gasteiger partial charge on any atom is -0.308 e. The fourth-order valence-corrected chi connectivity index (χ4v) is 4.38. The third-order valence-corrected chi connectivity index (χ3v) is 5.71. The fourth-order valence-electron chi connectivity index (χ4n) is 4.38. The Hall–Kier alpha value is -2.71. The lowest BCUT2D eigenvalue weighted by molar-refractivity contribution is -0.646. The number of benzene rings is 3. The Morgan fingerprint density at radius 3 is 2.42 bits per heavy atom. The van der Waals surface area contributed by atoms with Crippen molar-refractivity contribution in [2.75, 3.05) is 6.61 Å². The zero-order valence-corrected chi connectivity index (χ0v) is 14.9. The van der Waals surface area contributed by atoms with Crippen LogP contribution in [0.25, 0.3) is 11.1 Å². The van der Waals surface area contributed by atoms with Gasteiger partial charge in [0.2, 0.25) is 0 Å². The van der Waals surface area contributed by atoms with E-state index >= 15 is 0 Å². The summed E-state index contributed by atoms with van der Waals surface area (Å²) in [5.74, 6) is 0. The van der Waals surface area contributed by atoms with Crippen LogP contribution in [0.2, 0.25) is 0 Å². The Bertz CT molecular complexity index is 992. The maximum atomic E-state index is 6.46. The van der Waals surface area contributed by atoms with Crippen LogP contribution in [-0.2, 0) is 16.9 Å². The minimum atomic E-state index is -0.435. The van der Waals surface area contributed by atoms with E-state index in [4.69, 9.17) is 4.74 Å². The van der Waals surface area contributed by atoms with Crippen LogP contribution in [0.3, 0.4) is 0 Å². The molecule has 0 amide bonds. The number of rotatable bonds is 2. The topological polar surface area (TPSA) is 12.2 Å². The highest BCUT2D eigenvalue weighted by atomic mass is 16.5. The summed E-state index contributed by atoms with van der Waals surface area (Å²) in [6, 6.07) is 28.3. The van der Waals surface area contributed by atoms with E-state index in [-0.39, 0.29) is 0 Å². The van der Waals surface area contributed by atoms with Gasteiger partial charge in [-0.05, 0) is 28.8 Å². The van der Waals surface area contributed by atoms with Crippen molar-refractivity contribution in [3.05, 3.63) is 95.6 Å². The van der Waals surface area contributed by atoms with Crippen LogP contribution >= 0.6 is 0 Å². The Labute approximate surface area is 154 Å². The molecule has 2 heteroatoms. The van der Waals surface area contributed by atoms with E-state index in [9.17, 15) is 0 Å². The molecule has 3 aromatic rings. The molecule has 1 fully saturated rings. The molecule has 2 aliphatic heterocycles. The van der Waals surface area contributed by atoms with Crippen molar-refractivity contribution in [2.45, 2.75) is 25.1 Å². The third-order valence-electron chi connectivity index (χ3n) is 5.71. The van der Waals surface area contributed by atoms with Gasteiger partial charge in [-0.2, -0.15) is 4.58 Å². The number of hydrogen-bond acceptors (Lipinski definition) is 1. The highest BCUT2D eigenvalue weighted by molar-refractivity contribution is 5.90. The molecule has 0 spiro atoms. The summed E-state index contributed by atoms with van der Waals surface area (Å²) < 4.78 is 8.90. The Balaban J connectivity index is 1.67. The Morgan fingerprint density at radius 1 is 0.885 bits per heavy atom. The van der Waals surface area contributed by atoms with Crippen molar-refractivity contribution < 1.29 is 9.31 Å². The number of hydrogen-bond donors (Lipinski definition) is 0. The molecule has 3 aromatic carbocycles. The van der Waals surface area contributed by atoms with Crippen molar-refractivity contribution in [3.8, 4) is 11.1 Å². The molecule has 2 aliphatic rings. The van der Waals surface area contributed by atoms with Gasteiger partial charge in [0.15, 0.2) is 12.3 Å². The van der Waals surface area contributed by atoms with Gasteiger partial charge in [-0.25, -0.2) is 0 Å². The van der Waals surface area contributed by atoms with E-state index in [2.05, 4.69) is 96.6 Å². The highest BCUT2D eigenvalue weighted by Gasteiger charge is 2.52. The highest BCUT2D eigenvalue weighted by Crippen LogP contribution is 2.42. The van der Waals surface area contributed by atoms with Gasteiger partial charge in [0.05, 0.1) is 5.56 Å². The van der Waals surface area contributed by atoms with Crippen LogP contribution in [0.1, 0.15) is 23.6 Å². The third kappa shape index (κ3) is 2.33. The monoisotopic (exact) mass is 340 g/mol. The summed E-state index contributed by atoms with van der Waals surface area (Å²) in [5, 5.41) is 0. The summed E-state index contributed by atoms with van der Waals surface area (Å²) in [6.07, 6.45) is 3.28. The van der Waals surface area contributed by atoms with E-state index in [0.717, 1.165) is 13.0 Å². The van der Waals surface area contributed by atoms with Crippen LogP contribution in [0.4, 0.5) is 0 Å². The molecule has 2 atom stereocenters. The van der Waals surface area contributed by atoms with Gasteiger partial charge in [0.25, 0.3) is 5.72 Å². The molecule has 128 valence electrons. The lowest BCUT2D eigenvalue weighted by Crippen LogP contribution is -2.37. The van der Waals surface area contributed by atoms with Gasteiger partial charge in [-0.15, -0.1) is 0 Å². The maximum Gasteiger partial charge on any atom is 0.292 e. The van der Waals surface area contributed by atoms with E-state index in [0.29, 0.717) is 6.04 Å². The molecular formula is C24H22NO+. The van der Waals surface area contributed by atoms with Crippen LogP contribution < -0.4 is 0 Å². The zero-order valence-electron chi connectivity index (χ0n) is 14.9. The van der Waals surface area contributed by atoms with Crippen molar-refractivity contribution >= 4 is 6.21 Å². The molecule has 0 saturated carbocycles. The summed E-state index contributed by atoms with van der Waals surface area (Å²) in [4.78, 5) is 0. The van der Waals surface area contributed by atoms with E-state index in [1.165, 1.54) is 27.8 Å². The predicted molar refractivity (Wildman–Crippen MR) is 105 cm³/mol. The van der Waals surface area contributed by atoms with E-state index in [1.807, 2.05) is 0 Å². The number of ether oxygens (including phenoxy) is 1. The minimum absolute atomic E-state index is 0.321. The summed E-state index contributed by atoms with van der Waals surface area (Å²) >= 11 is 0. The number of nitrogens with zero attached hydrogens (tertiary/aromatic N) is 1. The summed E-state index contributed by atoms with van der Waals surface area (Å²) in [7, 11) is 0. The zero-order chi connectivity index (χ0) is 17.6. The van der Waals surface area contributed by atoms with Gasteiger partial charge in [-0.1, -0.05) is 66.7 Å². The van der Waals surface area contributed by atoms with Crippen molar-refractivity contribution in [3.63, 3.8) is 0 Å². The standard InChI is InChI=1S/C24H22NO/c1-24-23-14-8-7-13-22(23)21-12-6-5-11-19(21)16-25(24)20(17-26-24)15-18-9-3-2-4-10-18/h2-14,16,20H,15,17H2,1H3/q+1/t20-,24+/m0/s1. The van der Waals surface area contributed by atoms with Gasteiger partial charge >= 0.3 is 0 Å². The first-order valence-electron chi connectivity index (χ1n) is 9.26. The normalized spacial score (nSPS) is 23.4. The molecule has 0 N–H and O–H groups in total. The fraction of sp³-hybridized carbons (Fsp3) is 0.208. The van der Waals surface area contributed by atoms with E-state index in [1.54, 1.807) is 0 Å². The first-order valence-corrected chi connectivity index (χ1v) is 9.26. The molecule has 1 saturated heterocycles. The molecule has 0 bridgehead atoms. The lowest BCUT2D eigenvalue weighted by atomic mass is 9.92. The van der Waals surface area contributed by atoms with E-state index < -0.39 is 5.72 Å². The Kier molecular flexibility index (Phi) is 3.54. The first kappa shape index (κ1) is 15.5. The molecule has 2 heterocycles. The second-order valence-electron chi connectivity index (χ2n) is 7.31. The van der Waals surface area contributed by atoms with Gasteiger partial charge in [0, 0.05) is 18.9 Å². The van der Waals surface area contributed by atoms with Gasteiger partial charge in [-0.3, -0.25) is 0 Å². The van der Waals surface area contributed by atoms with Gasteiger partial charge in [0.1, 0.15) is 6.61 Å². The molecule has 5 rings (SSSR count). The molecule has 0 aliphatic carbocycles. The largest absolute Gasteiger partial charge is 0.308 e. The molecule has 0 unspecified atom stereocenters. The van der Waals surface area contributed by atoms with Crippen LogP contribution in [-0.4, -0.2) is 23.4 Å². The van der Waals surface area contributed by atoms with Crippen LogP contribution in [0.15, 0.2) is 78.9 Å². The second kappa shape index (κ2) is 5.93. The summed E-state index contributed by atoms with van der Waals surface area (Å²) in [6.45, 7) is 2.94. The van der Waals surface area contributed by atoms with Crippen molar-refractivity contribution in [1.29, 1.82) is 0 Å². The van der Waals surface area contributed by atoms with Crippen LogP contribution in [0, 0.1) is 0 Å². The molecule has 26 heavy (non-hydrogen) atoms. The van der Waals surface area contributed by atoms with Crippen molar-refractivity contribution in [2.24, 2.45) is 0 Å².